The van der Waals surface area contributed by atoms with Gasteiger partial charge in [-0.3, -0.25) is 9.69 Å². The molecule has 0 N–H and O–H groups in total. The van der Waals surface area contributed by atoms with E-state index in [-0.39, 0.29) is 5.91 Å². The lowest BCUT2D eigenvalue weighted by molar-refractivity contribution is -0.114. The molecule has 1 amide bonds. The first kappa shape index (κ1) is 19.6. The number of amides is 1. The van der Waals surface area contributed by atoms with Crippen LogP contribution in [0.1, 0.15) is 12.5 Å². The smallest absolute Gasteiger partial charge is 0.281 e. The number of carbonyl (C=O) groups is 1. The van der Waals surface area contributed by atoms with Crippen molar-refractivity contribution in [2.45, 2.75) is 6.92 Å². The molecule has 140 valence electrons. The van der Waals surface area contributed by atoms with Gasteiger partial charge in [0.05, 0.1) is 23.0 Å². The number of likely N-dealkylation sites (N-methyl/N-ethyl adjacent to an activating group) is 1. The third-order valence-corrected chi connectivity index (χ3v) is 5.38. The third kappa shape index (κ3) is 3.79. The molecule has 3 rings (SSSR count). The largest absolute Gasteiger partial charge is 0.493 e. The van der Waals surface area contributed by atoms with Gasteiger partial charge in [-0.2, -0.15) is 0 Å². The highest BCUT2D eigenvalue weighted by atomic mass is 127. The van der Waals surface area contributed by atoms with Gasteiger partial charge in [-0.25, -0.2) is 0 Å². The Hall–Kier alpha value is -2.13. The maximum absolute atomic E-state index is 13.0. The van der Waals surface area contributed by atoms with Crippen molar-refractivity contribution in [3.8, 4) is 11.5 Å². The number of hydrogen-bond acceptors (Lipinski definition) is 4. The molecular weight excluding hydrogens is 475 g/mol. The van der Waals surface area contributed by atoms with E-state index in [4.69, 9.17) is 21.7 Å². The molecule has 5 nitrogen and oxygen atoms in total. The number of nitrogens with zero attached hydrogens (tertiary/aromatic N) is 2. The molecule has 0 atom stereocenters. The van der Waals surface area contributed by atoms with E-state index in [1.165, 1.54) is 4.90 Å². The Labute approximate surface area is 177 Å². The Bertz CT molecular complexity index is 915. The van der Waals surface area contributed by atoms with E-state index in [1.54, 1.807) is 19.1 Å². The molecule has 0 saturated carbocycles. The first-order valence-corrected chi connectivity index (χ1v) is 9.85. The summed E-state index contributed by atoms with van der Waals surface area (Å²) in [5.41, 5.74) is 2.10. The van der Waals surface area contributed by atoms with Crippen molar-refractivity contribution in [2.24, 2.45) is 0 Å². The number of rotatable bonds is 5. The fourth-order valence-corrected chi connectivity index (χ4v) is 3.89. The van der Waals surface area contributed by atoms with Crippen LogP contribution in [0.3, 0.4) is 0 Å². The van der Waals surface area contributed by atoms with Crippen molar-refractivity contribution in [3.05, 3.63) is 57.3 Å². The summed E-state index contributed by atoms with van der Waals surface area (Å²) < 4.78 is 12.0. The molecule has 0 aliphatic carbocycles. The van der Waals surface area contributed by atoms with Crippen LogP contribution >= 0.6 is 34.8 Å². The average molecular weight is 494 g/mol. The number of ether oxygens (including phenoxy) is 2. The van der Waals surface area contributed by atoms with Gasteiger partial charge in [-0.05, 0) is 77.6 Å². The molecule has 7 heteroatoms. The summed E-state index contributed by atoms with van der Waals surface area (Å²) in [6.07, 6.45) is 1.82. The number of carbonyl (C=O) groups excluding carboxylic acids is 1. The lowest BCUT2D eigenvalue weighted by Crippen LogP contribution is -2.30. The van der Waals surface area contributed by atoms with E-state index >= 15 is 0 Å². The number of para-hydroxylation sites is 1. The molecule has 1 heterocycles. The number of hydrogen-bond donors (Lipinski definition) is 0. The van der Waals surface area contributed by atoms with Crippen LogP contribution in [-0.2, 0) is 4.79 Å². The molecular formula is C20H19IN2O3S. The Kier molecular flexibility index (Phi) is 6.01. The Balaban J connectivity index is 2.01. The van der Waals surface area contributed by atoms with Crippen LogP contribution in [0.25, 0.3) is 6.08 Å². The highest BCUT2D eigenvalue weighted by Crippen LogP contribution is 2.35. The van der Waals surface area contributed by atoms with Crippen LogP contribution in [0, 0.1) is 3.57 Å². The van der Waals surface area contributed by atoms with Crippen LogP contribution in [0.5, 0.6) is 11.5 Å². The Morgan fingerprint density at radius 3 is 2.56 bits per heavy atom. The van der Waals surface area contributed by atoms with Gasteiger partial charge in [-0.1, -0.05) is 18.2 Å². The van der Waals surface area contributed by atoms with Crippen molar-refractivity contribution in [3.63, 3.8) is 0 Å². The molecule has 0 bridgehead atoms. The Morgan fingerprint density at radius 2 is 1.93 bits per heavy atom. The van der Waals surface area contributed by atoms with Crippen molar-refractivity contribution >= 4 is 57.6 Å². The highest BCUT2D eigenvalue weighted by molar-refractivity contribution is 14.1. The maximum atomic E-state index is 13.0. The predicted molar refractivity (Wildman–Crippen MR) is 119 cm³/mol. The second-order valence-electron chi connectivity index (χ2n) is 5.81. The number of benzene rings is 2. The lowest BCUT2D eigenvalue weighted by Gasteiger charge is -2.16. The van der Waals surface area contributed by atoms with Gasteiger partial charge in [0.15, 0.2) is 16.6 Å². The maximum Gasteiger partial charge on any atom is 0.281 e. The second-order valence-corrected chi connectivity index (χ2v) is 7.34. The molecule has 2 aromatic rings. The SMILES string of the molecule is CCOc1c(I)cc(/C=C2/C(=O)N(c3ccccc3)C(=S)N2C)cc1OC. The number of thiocarbonyl (C=S) groups is 1. The summed E-state index contributed by atoms with van der Waals surface area (Å²) in [7, 11) is 3.40. The van der Waals surface area contributed by atoms with Crippen molar-refractivity contribution in [1.82, 2.24) is 4.90 Å². The van der Waals surface area contributed by atoms with E-state index in [9.17, 15) is 4.79 Å². The van der Waals surface area contributed by atoms with Crippen LogP contribution in [0.15, 0.2) is 48.2 Å². The zero-order valence-electron chi connectivity index (χ0n) is 15.2. The molecule has 1 aliphatic heterocycles. The molecule has 0 aromatic heterocycles. The minimum atomic E-state index is -0.156. The van der Waals surface area contributed by atoms with Gasteiger partial charge in [-0.15, -0.1) is 0 Å². The van der Waals surface area contributed by atoms with Gasteiger partial charge in [0.25, 0.3) is 5.91 Å². The van der Waals surface area contributed by atoms with Crippen LogP contribution in [0.2, 0.25) is 0 Å². The van der Waals surface area contributed by atoms with Gasteiger partial charge < -0.3 is 14.4 Å². The highest BCUT2D eigenvalue weighted by Gasteiger charge is 2.36. The van der Waals surface area contributed by atoms with Gasteiger partial charge in [0, 0.05) is 7.05 Å². The van der Waals surface area contributed by atoms with E-state index in [2.05, 4.69) is 22.6 Å². The van der Waals surface area contributed by atoms with Gasteiger partial charge in [0.1, 0.15) is 5.70 Å². The summed E-state index contributed by atoms with van der Waals surface area (Å²) in [4.78, 5) is 16.3. The fraction of sp³-hybridized carbons (Fsp3) is 0.200. The summed E-state index contributed by atoms with van der Waals surface area (Å²) >= 11 is 7.69. The molecule has 0 unspecified atom stereocenters. The van der Waals surface area contributed by atoms with E-state index in [0.29, 0.717) is 28.9 Å². The summed E-state index contributed by atoms with van der Waals surface area (Å²) in [5.74, 6) is 1.18. The van der Waals surface area contributed by atoms with Crippen LogP contribution in [-0.4, -0.2) is 36.7 Å². The summed E-state index contributed by atoms with van der Waals surface area (Å²) in [6.45, 7) is 2.48. The fourth-order valence-electron chi connectivity index (χ4n) is 2.83. The quantitative estimate of drug-likeness (QED) is 0.352. The van der Waals surface area contributed by atoms with Crippen molar-refractivity contribution in [2.75, 3.05) is 25.7 Å². The van der Waals surface area contributed by atoms with Gasteiger partial charge >= 0.3 is 0 Å². The first-order valence-electron chi connectivity index (χ1n) is 8.37. The number of anilines is 1. The second kappa shape index (κ2) is 8.26. The molecule has 2 aromatic carbocycles. The molecule has 1 saturated heterocycles. The normalized spacial score (nSPS) is 15.6. The molecule has 0 radical (unpaired) electrons. The van der Waals surface area contributed by atoms with E-state index < -0.39 is 0 Å². The molecule has 1 fully saturated rings. The molecule has 0 spiro atoms. The minimum absolute atomic E-state index is 0.156. The minimum Gasteiger partial charge on any atom is -0.493 e. The van der Waals surface area contributed by atoms with E-state index in [1.807, 2.05) is 55.5 Å². The van der Waals surface area contributed by atoms with Crippen LogP contribution in [0.4, 0.5) is 5.69 Å². The molecule has 27 heavy (non-hydrogen) atoms. The van der Waals surface area contributed by atoms with E-state index in [0.717, 1.165) is 14.8 Å². The number of halogens is 1. The summed E-state index contributed by atoms with van der Waals surface area (Å²) in [6, 6.07) is 13.2. The molecule has 1 aliphatic rings. The monoisotopic (exact) mass is 494 g/mol. The zero-order chi connectivity index (χ0) is 19.6. The first-order chi connectivity index (χ1) is 13.0. The number of methoxy groups -OCH3 is 1. The average Bonchev–Trinajstić information content (AvgIpc) is 2.87. The predicted octanol–water partition coefficient (Wildman–Crippen LogP) is 4.30. The lowest BCUT2D eigenvalue weighted by atomic mass is 10.1. The third-order valence-electron chi connectivity index (χ3n) is 4.12. The standard InChI is InChI=1S/C20H19IN2O3S/c1-4-26-18-15(21)10-13(12-17(18)25-3)11-16-19(24)23(20(27)22(16)2)14-8-6-5-7-9-14/h5-12H,4H2,1-3H3/b16-11-. The summed E-state index contributed by atoms with van der Waals surface area (Å²) in [5, 5.41) is 0.449. The van der Waals surface area contributed by atoms with Crippen molar-refractivity contribution in [1.29, 1.82) is 0 Å². The van der Waals surface area contributed by atoms with Crippen molar-refractivity contribution < 1.29 is 14.3 Å². The Morgan fingerprint density at radius 1 is 1.22 bits per heavy atom. The zero-order valence-corrected chi connectivity index (χ0v) is 18.2. The topological polar surface area (TPSA) is 42.0 Å². The van der Waals surface area contributed by atoms with Crippen LogP contribution < -0.4 is 14.4 Å². The van der Waals surface area contributed by atoms with Gasteiger partial charge in [0.2, 0.25) is 0 Å².